The number of aliphatic hydroxyl groups excluding tert-OH is 1. The molecule has 0 spiro atoms. The summed E-state index contributed by atoms with van der Waals surface area (Å²) in [6.45, 7) is 5.84. The number of amides is 2. The van der Waals surface area contributed by atoms with E-state index in [1.807, 2.05) is 0 Å². The largest absolute Gasteiger partial charge is 0.444 e. The van der Waals surface area contributed by atoms with Crippen molar-refractivity contribution in [2.75, 3.05) is 13.2 Å². The lowest BCUT2D eigenvalue weighted by molar-refractivity contribution is -0.122. The molecule has 1 atom stereocenters. The Hall–Kier alpha value is -2.62. The summed E-state index contributed by atoms with van der Waals surface area (Å²) in [7, 11) is 0. The molecule has 0 unspecified atom stereocenters. The molecule has 0 radical (unpaired) electrons. The second kappa shape index (κ2) is 8.47. The number of ether oxygens (including phenoxy) is 1. The molecule has 2 amide bonds. The zero-order valence-electron chi connectivity index (χ0n) is 14.7. The Morgan fingerprint density at radius 3 is 2.56 bits per heavy atom. The number of aromatic amines is 1. The molecular formula is C15H24N4O6. The summed E-state index contributed by atoms with van der Waals surface area (Å²) in [5.41, 5.74) is -1.60. The number of alkyl carbamates (subject to hydrolysis) is 1. The highest BCUT2D eigenvalue weighted by atomic mass is 16.6. The maximum atomic E-state index is 12.0. The van der Waals surface area contributed by atoms with Crippen molar-refractivity contribution < 1.29 is 19.4 Å². The Morgan fingerprint density at radius 2 is 2.00 bits per heavy atom. The quantitative estimate of drug-likeness (QED) is 0.507. The highest BCUT2D eigenvalue weighted by Gasteiger charge is 2.18. The predicted octanol–water partition coefficient (Wildman–Crippen LogP) is -1.15. The number of nitrogens with one attached hydrogen (secondary N) is 3. The van der Waals surface area contributed by atoms with Gasteiger partial charge in [0.2, 0.25) is 5.91 Å². The van der Waals surface area contributed by atoms with Gasteiger partial charge in [-0.2, -0.15) is 0 Å². The van der Waals surface area contributed by atoms with Crippen LogP contribution < -0.4 is 21.9 Å². The van der Waals surface area contributed by atoms with Crippen molar-refractivity contribution in [1.82, 2.24) is 20.2 Å². The Labute approximate surface area is 144 Å². The van der Waals surface area contributed by atoms with Gasteiger partial charge in [0.05, 0.1) is 12.6 Å². The molecule has 1 rings (SSSR count). The molecule has 10 heteroatoms. The average Bonchev–Trinajstić information content (AvgIpc) is 2.47. The van der Waals surface area contributed by atoms with Gasteiger partial charge in [0.15, 0.2) is 0 Å². The summed E-state index contributed by atoms with van der Waals surface area (Å²) < 4.78 is 6.09. The molecule has 0 aliphatic heterocycles. The van der Waals surface area contributed by atoms with Crippen molar-refractivity contribution in [1.29, 1.82) is 0 Å². The van der Waals surface area contributed by atoms with Gasteiger partial charge in [-0.05, 0) is 27.7 Å². The molecule has 1 heterocycles. The number of rotatable bonds is 6. The molecule has 0 bridgehead atoms. The lowest BCUT2D eigenvalue weighted by Gasteiger charge is -2.22. The first-order valence-electron chi connectivity index (χ1n) is 7.69. The summed E-state index contributed by atoms with van der Waals surface area (Å²) in [4.78, 5) is 48.6. The van der Waals surface area contributed by atoms with Crippen LogP contribution in [0.25, 0.3) is 0 Å². The number of hydrogen-bond donors (Lipinski definition) is 4. The van der Waals surface area contributed by atoms with Gasteiger partial charge in [-0.15, -0.1) is 0 Å². The highest BCUT2D eigenvalue weighted by Crippen LogP contribution is 2.06. The molecule has 25 heavy (non-hydrogen) atoms. The van der Waals surface area contributed by atoms with E-state index in [1.165, 1.54) is 13.1 Å². The fourth-order valence-corrected chi connectivity index (χ4v) is 1.85. The number of aryl methyl sites for hydroxylation is 1. The van der Waals surface area contributed by atoms with Gasteiger partial charge in [0.25, 0.3) is 5.56 Å². The maximum absolute atomic E-state index is 12.0. The van der Waals surface area contributed by atoms with Gasteiger partial charge in [-0.25, -0.2) is 9.59 Å². The van der Waals surface area contributed by atoms with Gasteiger partial charge in [0.1, 0.15) is 12.1 Å². The molecule has 1 aromatic heterocycles. The van der Waals surface area contributed by atoms with Crippen molar-refractivity contribution in [3.8, 4) is 0 Å². The molecule has 0 aliphatic carbocycles. The SMILES string of the molecule is Cc1cn(CC(=O)N[C@@H](CO)CNC(=O)OC(C)(C)C)c(=O)[nH]c1=O. The van der Waals surface area contributed by atoms with Crippen LogP contribution in [0.15, 0.2) is 15.8 Å². The van der Waals surface area contributed by atoms with Crippen LogP contribution in [0.1, 0.15) is 26.3 Å². The Morgan fingerprint density at radius 1 is 1.36 bits per heavy atom. The minimum atomic E-state index is -0.750. The van der Waals surface area contributed by atoms with Gasteiger partial charge in [-0.1, -0.05) is 0 Å². The van der Waals surface area contributed by atoms with E-state index < -0.39 is 41.5 Å². The van der Waals surface area contributed by atoms with E-state index in [0.717, 1.165) is 4.57 Å². The van der Waals surface area contributed by atoms with Crippen LogP contribution in [0.2, 0.25) is 0 Å². The van der Waals surface area contributed by atoms with Crippen LogP contribution in [0.3, 0.4) is 0 Å². The Bertz CT molecular complexity index is 731. The average molecular weight is 356 g/mol. The molecule has 10 nitrogen and oxygen atoms in total. The van der Waals surface area contributed by atoms with E-state index in [4.69, 9.17) is 4.74 Å². The smallest absolute Gasteiger partial charge is 0.407 e. The van der Waals surface area contributed by atoms with Crippen molar-refractivity contribution in [2.24, 2.45) is 0 Å². The summed E-state index contributed by atoms with van der Waals surface area (Å²) in [5, 5.41) is 14.2. The number of carbonyl (C=O) groups excluding carboxylic acids is 2. The van der Waals surface area contributed by atoms with Crippen molar-refractivity contribution in [3.63, 3.8) is 0 Å². The van der Waals surface area contributed by atoms with Gasteiger partial charge < -0.3 is 20.5 Å². The number of carbonyl (C=O) groups is 2. The first-order valence-corrected chi connectivity index (χ1v) is 7.69. The van der Waals surface area contributed by atoms with Gasteiger partial charge in [-0.3, -0.25) is 19.1 Å². The third-order valence-corrected chi connectivity index (χ3v) is 2.98. The number of H-pyrrole nitrogens is 1. The lowest BCUT2D eigenvalue weighted by Crippen LogP contribution is -2.48. The van der Waals surface area contributed by atoms with Crippen LogP contribution in [0, 0.1) is 6.92 Å². The lowest BCUT2D eigenvalue weighted by atomic mass is 10.2. The topological polar surface area (TPSA) is 143 Å². The zero-order valence-corrected chi connectivity index (χ0v) is 14.7. The van der Waals surface area contributed by atoms with Crippen molar-refractivity contribution in [2.45, 2.75) is 45.9 Å². The van der Waals surface area contributed by atoms with E-state index in [1.54, 1.807) is 20.8 Å². The maximum Gasteiger partial charge on any atom is 0.407 e. The first-order chi connectivity index (χ1) is 11.5. The molecule has 4 N–H and O–H groups in total. The van der Waals surface area contributed by atoms with E-state index in [9.17, 15) is 24.3 Å². The molecule has 0 fully saturated rings. The minimum absolute atomic E-state index is 0.0449. The van der Waals surface area contributed by atoms with Crippen LogP contribution in [0.4, 0.5) is 4.79 Å². The Balaban J connectivity index is 2.59. The number of aromatic nitrogens is 2. The monoisotopic (exact) mass is 356 g/mol. The standard InChI is InChI=1S/C15H24N4O6/c1-9-6-19(13(23)18-12(9)22)7-11(21)17-10(8-20)5-16-14(24)25-15(2,3)4/h6,10,20H,5,7-8H2,1-4H3,(H,16,24)(H,17,21)(H,18,22,23)/t10-/m1/s1. The van der Waals surface area contributed by atoms with Crippen LogP contribution in [-0.4, -0.2) is 51.5 Å². The van der Waals surface area contributed by atoms with E-state index in [0.29, 0.717) is 0 Å². The van der Waals surface area contributed by atoms with Crippen LogP contribution in [-0.2, 0) is 16.1 Å². The zero-order chi connectivity index (χ0) is 19.2. The molecule has 0 saturated carbocycles. The minimum Gasteiger partial charge on any atom is -0.444 e. The highest BCUT2D eigenvalue weighted by molar-refractivity contribution is 5.76. The number of hydrogen-bond acceptors (Lipinski definition) is 6. The fourth-order valence-electron chi connectivity index (χ4n) is 1.85. The normalized spacial score (nSPS) is 12.4. The first kappa shape index (κ1) is 20.4. The fraction of sp³-hybridized carbons (Fsp3) is 0.600. The molecule has 140 valence electrons. The van der Waals surface area contributed by atoms with Crippen molar-refractivity contribution in [3.05, 3.63) is 32.6 Å². The predicted molar refractivity (Wildman–Crippen MR) is 89.3 cm³/mol. The summed E-state index contributed by atoms with van der Waals surface area (Å²) >= 11 is 0. The van der Waals surface area contributed by atoms with Crippen LogP contribution in [0.5, 0.6) is 0 Å². The van der Waals surface area contributed by atoms with Gasteiger partial charge in [0, 0.05) is 18.3 Å². The van der Waals surface area contributed by atoms with Crippen LogP contribution >= 0.6 is 0 Å². The third-order valence-electron chi connectivity index (χ3n) is 2.98. The molecular weight excluding hydrogens is 332 g/mol. The molecule has 0 aromatic carbocycles. The number of nitrogens with zero attached hydrogens (tertiary/aromatic N) is 1. The number of aliphatic hydroxyl groups is 1. The molecule has 0 saturated heterocycles. The van der Waals surface area contributed by atoms with E-state index in [2.05, 4.69) is 15.6 Å². The van der Waals surface area contributed by atoms with E-state index in [-0.39, 0.29) is 18.7 Å². The van der Waals surface area contributed by atoms with Gasteiger partial charge >= 0.3 is 11.8 Å². The summed E-state index contributed by atoms with van der Waals surface area (Å²) in [5.74, 6) is -0.557. The third kappa shape index (κ3) is 7.21. The second-order valence-electron chi connectivity index (χ2n) is 6.53. The molecule has 1 aromatic rings. The summed E-state index contributed by atoms with van der Waals surface area (Å²) in [6.07, 6.45) is 0.598. The van der Waals surface area contributed by atoms with E-state index >= 15 is 0 Å². The Kier molecular flexibility index (Phi) is 6.92. The van der Waals surface area contributed by atoms with Crippen molar-refractivity contribution >= 4 is 12.0 Å². The molecule has 0 aliphatic rings. The summed E-state index contributed by atoms with van der Waals surface area (Å²) in [6, 6.07) is -0.750. The second-order valence-corrected chi connectivity index (χ2v) is 6.53.